The molecule has 1 N–H and O–H groups in total. The Morgan fingerprint density at radius 1 is 1.00 bits per heavy atom. The molecule has 0 unspecified atom stereocenters. The molecule has 17 heavy (non-hydrogen) atoms. The number of hydrogen-bond acceptors (Lipinski definition) is 1. The van der Waals surface area contributed by atoms with E-state index in [-0.39, 0.29) is 5.91 Å². The molecule has 0 aliphatic rings. The van der Waals surface area contributed by atoms with Gasteiger partial charge in [-0.15, -0.1) is 0 Å². The lowest BCUT2D eigenvalue weighted by atomic mass is 9.77. The number of unbranched alkanes of at least 4 members (excludes halogenated alkanes) is 1. The minimum Gasteiger partial charge on any atom is -0.356 e. The second kappa shape index (κ2) is 9.49. The summed E-state index contributed by atoms with van der Waals surface area (Å²) in [5.74, 6) is 0.209. The van der Waals surface area contributed by atoms with Crippen LogP contribution in [0.5, 0.6) is 0 Å². The van der Waals surface area contributed by atoms with Crippen molar-refractivity contribution in [3.63, 3.8) is 0 Å². The van der Waals surface area contributed by atoms with Crippen LogP contribution in [0.15, 0.2) is 0 Å². The van der Waals surface area contributed by atoms with Crippen molar-refractivity contribution in [1.82, 2.24) is 5.32 Å². The summed E-state index contributed by atoms with van der Waals surface area (Å²) in [5, 5.41) is 2.85. The van der Waals surface area contributed by atoms with Crippen molar-refractivity contribution >= 4 is 5.91 Å². The van der Waals surface area contributed by atoms with E-state index in [2.05, 4.69) is 26.1 Å². The molecule has 1 amide bonds. The zero-order valence-corrected chi connectivity index (χ0v) is 12.3. The first kappa shape index (κ1) is 16.5. The standard InChI is InChI=1S/C15H31NO/c1-5-11-15(4,12-6-2)13-9-8-10-14(17)16-7-3/h5-13H2,1-4H3,(H,16,17). The monoisotopic (exact) mass is 241 g/mol. The summed E-state index contributed by atoms with van der Waals surface area (Å²) in [7, 11) is 0. The van der Waals surface area contributed by atoms with E-state index in [1.54, 1.807) is 0 Å². The van der Waals surface area contributed by atoms with Crippen molar-refractivity contribution in [2.45, 2.75) is 79.1 Å². The van der Waals surface area contributed by atoms with Crippen molar-refractivity contribution < 1.29 is 4.79 Å². The molecule has 0 aromatic rings. The number of nitrogens with one attached hydrogen (secondary N) is 1. The Labute approximate surface area is 108 Å². The molecule has 2 nitrogen and oxygen atoms in total. The third-order valence-corrected chi connectivity index (χ3v) is 3.52. The SMILES string of the molecule is CCCC(C)(CCC)CCCCC(=O)NCC. The van der Waals surface area contributed by atoms with E-state index in [0.29, 0.717) is 11.8 Å². The maximum absolute atomic E-state index is 11.3. The molecule has 0 aromatic carbocycles. The topological polar surface area (TPSA) is 29.1 Å². The van der Waals surface area contributed by atoms with Gasteiger partial charge in [0.05, 0.1) is 0 Å². The van der Waals surface area contributed by atoms with Gasteiger partial charge >= 0.3 is 0 Å². The highest BCUT2D eigenvalue weighted by Crippen LogP contribution is 2.34. The van der Waals surface area contributed by atoms with Gasteiger partial charge in [0.25, 0.3) is 0 Å². The van der Waals surface area contributed by atoms with Gasteiger partial charge in [-0.3, -0.25) is 4.79 Å². The highest BCUT2D eigenvalue weighted by molar-refractivity contribution is 5.75. The van der Waals surface area contributed by atoms with Crippen LogP contribution in [-0.2, 0) is 4.79 Å². The first-order valence-electron chi connectivity index (χ1n) is 7.34. The molecule has 0 atom stereocenters. The number of carbonyl (C=O) groups is 1. The molecule has 102 valence electrons. The highest BCUT2D eigenvalue weighted by Gasteiger charge is 2.21. The average molecular weight is 241 g/mol. The van der Waals surface area contributed by atoms with Gasteiger partial charge in [-0.05, 0) is 38.0 Å². The summed E-state index contributed by atoms with van der Waals surface area (Å²) >= 11 is 0. The van der Waals surface area contributed by atoms with E-state index in [1.165, 1.54) is 38.5 Å². The third-order valence-electron chi connectivity index (χ3n) is 3.52. The average Bonchev–Trinajstić information content (AvgIpc) is 2.26. The molecule has 2 heteroatoms. The Kier molecular flexibility index (Phi) is 9.20. The molecule has 0 heterocycles. The summed E-state index contributed by atoms with van der Waals surface area (Å²) < 4.78 is 0. The van der Waals surface area contributed by atoms with Crippen molar-refractivity contribution in [1.29, 1.82) is 0 Å². The second-order valence-electron chi connectivity index (χ2n) is 5.47. The van der Waals surface area contributed by atoms with E-state index in [4.69, 9.17) is 0 Å². The van der Waals surface area contributed by atoms with Gasteiger partial charge in [0.15, 0.2) is 0 Å². The molecule has 0 saturated carbocycles. The van der Waals surface area contributed by atoms with Crippen LogP contribution >= 0.6 is 0 Å². The molecular formula is C15H31NO. The molecule has 0 aliphatic carbocycles. The number of amides is 1. The Hall–Kier alpha value is -0.530. The van der Waals surface area contributed by atoms with E-state index < -0.39 is 0 Å². The molecule has 0 aliphatic heterocycles. The molecule has 0 saturated heterocycles. The number of carbonyl (C=O) groups excluding carboxylic acids is 1. The Morgan fingerprint density at radius 3 is 2.06 bits per heavy atom. The van der Waals surface area contributed by atoms with Crippen LogP contribution in [0.4, 0.5) is 0 Å². The van der Waals surface area contributed by atoms with Crippen molar-refractivity contribution in [3.05, 3.63) is 0 Å². The molecule has 0 spiro atoms. The fourth-order valence-electron chi connectivity index (χ4n) is 2.70. The van der Waals surface area contributed by atoms with Gasteiger partial charge in [-0.25, -0.2) is 0 Å². The lowest BCUT2D eigenvalue weighted by molar-refractivity contribution is -0.121. The quantitative estimate of drug-likeness (QED) is 0.568. The fraction of sp³-hybridized carbons (Fsp3) is 0.933. The van der Waals surface area contributed by atoms with Crippen molar-refractivity contribution in [2.24, 2.45) is 5.41 Å². The summed E-state index contributed by atoms with van der Waals surface area (Å²) in [4.78, 5) is 11.3. The Morgan fingerprint density at radius 2 is 1.59 bits per heavy atom. The van der Waals surface area contributed by atoms with Crippen LogP contribution in [0.25, 0.3) is 0 Å². The molecule has 0 fully saturated rings. The van der Waals surface area contributed by atoms with E-state index in [9.17, 15) is 4.79 Å². The molecule has 0 radical (unpaired) electrons. The molecule has 0 rings (SSSR count). The van der Waals surface area contributed by atoms with Gasteiger partial charge < -0.3 is 5.32 Å². The maximum Gasteiger partial charge on any atom is 0.219 e. The molecule has 0 aromatic heterocycles. The zero-order chi connectivity index (χ0) is 13.1. The Balaban J connectivity index is 3.78. The highest BCUT2D eigenvalue weighted by atomic mass is 16.1. The largest absolute Gasteiger partial charge is 0.356 e. The lowest BCUT2D eigenvalue weighted by Gasteiger charge is -2.29. The van der Waals surface area contributed by atoms with Crippen LogP contribution in [0, 0.1) is 5.41 Å². The fourth-order valence-corrected chi connectivity index (χ4v) is 2.70. The molecule has 0 bridgehead atoms. The third kappa shape index (κ3) is 8.23. The van der Waals surface area contributed by atoms with E-state index in [1.807, 2.05) is 6.92 Å². The molecular weight excluding hydrogens is 210 g/mol. The predicted octanol–water partition coefficient (Wildman–Crippen LogP) is 4.29. The summed E-state index contributed by atoms with van der Waals surface area (Å²) in [5.41, 5.74) is 0.505. The minimum absolute atomic E-state index is 0.209. The summed E-state index contributed by atoms with van der Waals surface area (Å²) in [6.07, 6.45) is 9.38. The van der Waals surface area contributed by atoms with Gasteiger partial charge in [0, 0.05) is 13.0 Å². The predicted molar refractivity (Wildman–Crippen MR) is 75.1 cm³/mol. The van der Waals surface area contributed by atoms with Crippen molar-refractivity contribution in [2.75, 3.05) is 6.54 Å². The zero-order valence-electron chi connectivity index (χ0n) is 12.3. The van der Waals surface area contributed by atoms with Gasteiger partial charge in [0.2, 0.25) is 5.91 Å². The number of rotatable bonds is 10. The minimum atomic E-state index is 0.209. The van der Waals surface area contributed by atoms with Gasteiger partial charge in [-0.1, -0.05) is 40.0 Å². The number of hydrogen-bond donors (Lipinski definition) is 1. The lowest BCUT2D eigenvalue weighted by Crippen LogP contribution is -2.22. The normalized spacial score (nSPS) is 11.5. The van der Waals surface area contributed by atoms with Gasteiger partial charge in [0.1, 0.15) is 0 Å². The smallest absolute Gasteiger partial charge is 0.219 e. The van der Waals surface area contributed by atoms with Gasteiger partial charge in [-0.2, -0.15) is 0 Å². The van der Waals surface area contributed by atoms with Crippen LogP contribution in [0.3, 0.4) is 0 Å². The second-order valence-corrected chi connectivity index (χ2v) is 5.47. The summed E-state index contributed by atoms with van der Waals surface area (Å²) in [6.45, 7) is 9.66. The van der Waals surface area contributed by atoms with E-state index >= 15 is 0 Å². The van der Waals surface area contributed by atoms with Crippen LogP contribution in [-0.4, -0.2) is 12.5 Å². The van der Waals surface area contributed by atoms with Crippen LogP contribution in [0.2, 0.25) is 0 Å². The summed E-state index contributed by atoms with van der Waals surface area (Å²) in [6, 6.07) is 0. The van der Waals surface area contributed by atoms with Crippen LogP contribution < -0.4 is 5.32 Å². The maximum atomic E-state index is 11.3. The Bertz CT molecular complexity index is 195. The first-order valence-corrected chi connectivity index (χ1v) is 7.34. The van der Waals surface area contributed by atoms with Crippen molar-refractivity contribution in [3.8, 4) is 0 Å². The van der Waals surface area contributed by atoms with Crippen LogP contribution in [0.1, 0.15) is 79.1 Å². The van der Waals surface area contributed by atoms with E-state index in [0.717, 1.165) is 13.0 Å². The first-order chi connectivity index (χ1) is 8.08.